The van der Waals surface area contributed by atoms with Crippen molar-refractivity contribution in [2.24, 2.45) is 5.92 Å². The highest BCUT2D eigenvalue weighted by Gasteiger charge is 2.21. The van der Waals surface area contributed by atoms with Crippen molar-refractivity contribution in [3.8, 4) is 11.5 Å². The molecule has 1 fully saturated rings. The molecule has 1 aliphatic rings. The first kappa shape index (κ1) is 14.8. The summed E-state index contributed by atoms with van der Waals surface area (Å²) in [5.41, 5.74) is 0. The van der Waals surface area contributed by atoms with Crippen molar-refractivity contribution in [3.05, 3.63) is 23.8 Å². The summed E-state index contributed by atoms with van der Waals surface area (Å²) in [7, 11) is 0. The molecule has 0 unspecified atom stereocenters. The fraction of sp³-hybridized carbons (Fsp3) is 0.533. The van der Waals surface area contributed by atoms with Crippen molar-refractivity contribution >= 4 is 5.78 Å². The summed E-state index contributed by atoms with van der Waals surface area (Å²) in [4.78, 5) is 11.1. The van der Waals surface area contributed by atoms with E-state index in [0.717, 1.165) is 12.8 Å². The van der Waals surface area contributed by atoms with Crippen LogP contribution >= 0.6 is 0 Å². The van der Waals surface area contributed by atoms with Crippen LogP contribution < -0.4 is 9.47 Å². The first-order valence-electron chi connectivity index (χ1n) is 6.87. The Morgan fingerprint density at radius 2 is 1.65 bits per heavy atom. The van der Waals surface area contributed by atoms with Gasteiger partial charge in [-0.2, -0.15) is 8.78 Å². The Balaban J connectivity index is 1.96. The summed E-state index contributed by atoms with van der Waals surface area (Å²) in [5, 5.41) is 0. The number of ether oxygens (including phenoxy) is 2. The van der Waals surface area contributed by atoms with E-state index < -0.39 is 11.6 Å². The van der Waals surface area contributed by atoms with Gasteiger partial charge in [0.2, 0.25) is 11.6 Å². The van der Waals surface area contributed by atoms with Crippen LogP contribution in [0.2, 0.25) is 0 Å². The standard InChI is InChI=1S/C15H18F2O3/c1-2-19-12-7-8-13(15(17)14(12)16)20-9-10-3-5-11(18)6-4-10/h7-8,10H,2-6,9H2,1H3. The number of carbonyl (C=O) groups is 1. The first-order valence-corrected chi connectivity index (χ1v) is 6.87. The van der Waals surface area contributed by atoms with E-state index in [4.69, 9.17) is 9.47 Å². The Bertz CT molecular complexity index is 478. The van der Waals surface area contributed by atoms with Crippen LogP contribution in [0.4, 0.5) is 8.78 Å². The molecule has 0 heterocycles. The van der Waals surface area contributed by atoms with E-state index in [0.29, 0.717) is 19.4 Å². The zero-order valence-corrected chi connectivity index (χ0v) is 11.5. The van der Waals surface area contributed by atoms with E-state index in [9.17, 15) is 13.6 Å². The fourth-order valence-electron chi connectivity index (χ4n) is 2.27. The molecule has 3 nitrogen and oxygen atoms in total. The SMILES string of the molecule is CCOc1ccc(OCC2CCC(=O)CC2)c(F)c1F. The molecule has 0 aromatic heterocycles. The number of hydrogen-bond acceptors (Lipinski definition) is 3. The quantitative estimate of drug-likeness (QED) is 0.830. The Morgan fingerprint density at radius 1 is 1.10 bits per heavy atom. The molecule has 0 N–H and O–H groups in total. The van der Waals surface area contributed by atoms with E-state index in [1.54, 1.807) is 6.92 Å². The van der Waals surface area contributed by atoms with Crippen molar-refractivity contribution in [2.45, 2.75) is 32.6 Å². The van der Waals surface area contributed by atoms with Gasteiger partial charge in [0.15, 0.2) is 11.5 Å². The molecule has 0 aliphatic heterocycles. The predicted octanol–water partition coefficient (Wildman–Crippen LogP) is 3.50. The molecule has 2 rings (SSSR count). The van der Waals surface area contributed by atoms with Gasteiger partial charge in [-0.25, -0.2) is 0 Å². The summed E-state index contributed by atoms with van der Waals surface area (Å²) in [6, 6.07) is 2.74. The Kier molecular flexibility index (Phi) is 4.93. The van der Waals surface area contributed by atoms with Gasteiger partial charge < -0.3 is 9.47 Å². The predicted molar refractivity (Wildman–Crippen MR) is 70.0 cm³/mol. The zero-order chi connectivity index (χ0) is 14.5. The van der Waals surface area contributed by atoms with Gasteiger partial charge in [-0.05, 0) is 37.8 Å². The summed E-state index contributed by atoms with van der Waals surface area (Å²) < 4.78 is 37.7. The van der Waals surface area contributed by atoms with Crippen LogP contribution in [0.5, 0.6) is 11.5 Å². The molecule has 5 heteroatoms. The highest BCUT2D eigenvalue weighted by molar-refractivity contribution is 5.79. The molecule has 0 atom stereocenters. The Labute approximate surface area is 116 Å². The van der Waals surface area contributed by atoms with Gasteiger partial charge >= 0.3 is 0 Å². The van der Waals surface area contributed by atoms with Crippen LogP contribution in [0.1, 0.15) is 32.6 Å². The number of ketones is 1. The van der Waals surface area contributed by atoms with Crippen LogP contribution in [-0.4, -0.2) is 19.0 Å². The van der Waals surface area contributed by atoms with Crippen LogP contribution in [0.3, 0.4) is 0 Å². The topological polar surface area (TPSA) is 35.5 Å². The smallest absolute Gasteiger partial charge is 0.204 e. The minimum Gasteiger partial charge on any atom is -0.491 e. The molecule has 110 valence electrons. The van der Waals surface area contributed by atoms with E-state index in [2.05, 4.69) is 0 Å². The average Bonchev–Trinajstić information content (AvgIpc) is 2.45. The molecule has 0 amide bonds. The van der Waals surface area contributed by atoms with Gasteiger partial charge in [0, 0.05) is 12.8 Å². The largest absolute Gasteiger partial charge is 0.491 e. The van der Waals surface area contributed by atoms with Gasteiger partial charge in [0.05, 0.1) is 13.2 Å². The molecule has 0 spiro atoms. The van der Waals surface area contributed by atoms with Crippen molar-refractivity contribution < 1.29 is 23.0 Å². The van der Waals surface area contributed by atoms with Gasteiger partial charge in [-0.15, -0.1) is 0 Å². The molecule has 1 aromatic rings. The third-order valence-electron chi connectivity index (χ3n) is 3.45. The number of Topliss-reactive ketones (excluding diaryl/α,β-unsaturated/α-hetero) is 1. The molecule has 1 saturated carbocycles. The number of hydrogen-bond donors (Lipinski definition) is 0. The minimum absolute atomic E-state index is 0.108. The van der Waals surface area contributed by atoms with E-state index in [1.807, 2.05) is 0 Å². The first-order chi connectivity index (χ1) is 9.61. The highest BCUT2D eigenvalue weighted by atomic mass is 19.2. The monoisotopic (exact) mass is 284 g/mol. The van der Waals surface area contributed by atoms with Crippen LogP contribution in [0, 0.1) is 17.6 Å². The van der Waals surface area contributed by atoms with E-state index in [-0.39, 0.29) is 29.8 Å². The van der Waals surface area contributed by atoms with Crippen LogP contribution in [-0.2, 0) is 4.79 Å². The van der Waals surface area contributed by atoms with Gasteiger partial charge in [0.1, 0.15) is 5.78 Å². The fourth-order valence-corrected chi connectivity index (χ4v) is 2.27. The highest BCUT2D eigenvalue weighted by Crippen LogP contribution is 2.29. The molecule has 0 radical (unpaired) electrons. The second kappa shape index (κ2) is 6.68. The van der Waals surface area contributed by atoms with Crippen molar-refractivity contribution in [1.29, 1.82) is 0 Å². The summed E-state index contributed by atoms with van der Waals surface area (Å²) in [6.07, 6.45) is 2.60. The van der Waals surface area contributed by atoms with Gasteiger partial charge in [-0.1, -0.05) is 0 Å². The lowest BCUT2D eigenvalue weighted by Gasteiger charge is -2.21. The summed E-state index contributed by atoms with van der Waals surface area (Å²) in [6.45, 7) is 2.27. The average molecular weight is 284 g/mol. The third kappa shape index (κ3) is 3.46. The van der Waals surface area contributed by atoms with E-state index >= 15 is 0 Å². The lowest BCUT2D eigenvalue weighted by Crippen LogP contribution is -2.20. The maximum atomic E-state index is 13.8. The molecule has 1 aliphatic carbocycles. The minimum atomic E-state index is -1.03. The summed E-state index contributed by atoms with van der Waals surface area (Å²) >= 11 is 0. The second-order valence-corrected chi connectivity index (χ2v) is 4.92. The maximum Gasteiger partial charge on any atom is 0.204 e. The third-order valence-corrected chi connectivity index (χ3v) is 3.45. The number of rotatable bonds is 5. The molecular weight excluding hydrogens is 266 g/mol. The van der Waals surface area contributed by atoms with Crippen molar-refractivity contribution in [3.63, 3.8) is 0 Å². The molecule has 1 aromatic carbocycles. The number of benzene rings is 1. The second-order valence-electron chi connectivity index (χ2n) is 4.92. The normalized spacial score (nSPS) is 16.2. The number of halogens is 2. The van der Waals surface area contributed by atoms with Crippen molar-refractivity contribution in [2.75, 3.05) is 13.2 Å². The van der Waals surface area contributed by atoms with Gasteiger partial charge in [-0.3, -0.25) is 4.79 Å². The molecular formula is C15H18F2O3. The van der Waals surface area contributed by atoms with Gasteiger partial charge in [0.25, 0.3) is 0 Å². The molecule has 0 bridgehead atoms. The van der Waals surface area contributed by atoms with Crippen LogP contribution in [0.15, 0.2) is 12.1 Å². The molecule has 20 heavy (non-hydrogen) atoms. The summed E-state index contributed by atoms with van der Waals surface area (Å²) in [5.74, 6) is -1.78. The lowest BCUT2D eigenvalue weighted by atomic mass is 9.89. The van der Waals surface area contributed by atoms with Crippen molar-refractivity contribution in [1.82, 2.24) is 0 Å². The van der Waals surface area contributed by atoms with Crippen LogP contribution in [0.25, 0.3) is 0 Å². The zero-order valence-electron chi connectivity index (χ0n) is 11.5. The Morgan fingerprint density at radius 3 is 2.20 bits per heavy atom. The molecule has 0 saturated heterocycles. The Hall–Kier alpha value is -1.65. The number of carbonyl (C=O) groups excluding carboxylic acids is 1. The maximum absolute atomic E-state index is 13.8. The lowest BCUT2D eigenvalue weighted by molar-refractivity contribution is -0.121. The van der Waals surface area contributed by atoms with E-state index in [1.165, 1.54) is 12.1 Å².